The molecule has 0 aliphatic heterocycles. The monoisotopic (exact) mass is 312 g/mol. The lowest BCUT2D eigenvalue weighted by molar-refractivity contribution is 0.853. The van der Waals surface area contributed by atoms with E-state index in [1.54, 1.807) is 0 Å². The van der Waals surface area contributed by atoms with E-state index in [0.717, 1.165) is 11.4 Å². The maximum absolute atomic E-state index is 3.56. The van der Waals surface area contributed by atoms with Gasteiger partial charge in [-0.05, 0) is 35.4 Å². The number of aromatic amines is 2. The molecule has 2 nitrogen and oxygen atoms in total. The summed E-state index contributed by atoms with van der Waals surface area (Å²) in [6.45, 7) is 2.22. The third-order valence-electron chi connectivity index (χ3n) is 4.52. The van der Waals surface area contributed by atoms with Crippen molar-refractivity contribution in [3.63, 3.8) is 0 Å². The zero-order valence-electron chi connectivity index (χ0n) is 13.7. The number of rotatable bonds is 4. The van der Waals surface area contributed by atoms with Crippen molar-refractivity contribution in [2.45, 2.75) is 12.8 Å². The molecule has 0 fully saturated rings. The van der Waals surface area contributed by atoms with Crippen molar-refractivity contribution < 1.29 is 0 Å². The first-order valence-electron chi connectivity index (χ1n) is 8.30. The van der Waals surface area contributed by atoms with Crippen molar-refractivity contribution in [1.82, 2.24) is 9.97 Å². The summed E-state index contributed by atoms with van der Waals surface area (Å²) < 4.78 is 0. The summed E-state index contributed by atoms with van der Waals surface area (Å²) in [5, 5.41) is 0. The molecule has 2 N–H and O–H groups in total. The Hall–Kier alpha value is -3.00. The van der Waals surface area contributed by atoms with Gasteiger partial charge < -0.3 is 9.97 Å². The van der Waals surface area contributed by atoms with E-state index in [1.165, 1.54) is 22.5 Å². The molecule has 2 heteroatoms. The highest BCUT2D eigenvalue weighted by molar-refractivity contribution is 5.61. The first-order chi connectivity index (χ1) is 11.8. The second-order valence-electron chi connectivity index (χ2n) is 6.11. The molecule has 0 spiro atoms. The standard InChI is InChI=1S/C22H20N2/c1-16(19-12-14-21(23-19)17-8-4-2-5-9-17)20-13-15-22(24-20)18-10-6-3-7-11-18/h2-16,23-24H,1H3. The van der Waals surface area contributed by atoms with Gasteiger partial charge in [0.25, 0.3) is 0 Å². The fraction of sp³-hybridized carbons (Fsp3) is 0.0909. The summed E-state index contributed by atoms with van der Waals surface area (Å²) in [5.74, 6) is 0.292. The SMILES string of the molecule is CC(c1ccc(-c2ccccc2)[nH]1)c1ccc(-c2ccccc2)[nH]1. The highest BCUT2D eigenvalue weighted by atomic mass is 14.8. The molecule has 0 radical (unpaired) electrons. The normalized spacial score (nSPS) is 11.1. The van der Waals surface area contributed by atoms with E-state index in [1.807, 2.05) is 12.1 Å². The minimum Gasteiger partial charge on any atom is -0.358 e. The van der Waals surface area contributed by atoms with Gasteiger partial charge in [0.2, 0.25) is 0 Å². The molecule has 0 saturated heterocycles. The van der Waals surface area contributed by atoms with Crippen LogP contribution in [0, 0.1) is 0 Å². The summed E-state index contributed by atoms with van der Waals surface area (Å²) in [5.41, 5.74) is 7.19. The van der Waals surface area contributed by atoms with E-state index >= 15 is 0 Å². The number of benzene rings is 2. The lowest BCUT2D eigenvalue weighted by atomic mass is 10.1. The van der Waals surface area contributed by atoms with E-state index in [2.05, 4.69) is 89.7 Å². The third kappa shape index (κ3) is 2.79. The molecule has 0 saturated carbocycles. The maximum atomic E-state index is 3.56. The van der Waals surface area contributed by atoms with Gasteiger partial charge in [-0.1, -0.05) is 67.6 Å². The Bertz CT molecular complexity index is 839. The molecule has 0 aliphatic carbocycles. The van der Waals surface area contributed by atoms with Crippen LogP contribution in [0.15, 0.2) is 84.9 Å². The summed E-state index contributed by atoms with van der Waals surface area (Å²) in [4.78, 5) is 7.11. The average molecular weight is 312 g/mol. The van der Waals surface area contributed by atoms with Crippen molar-refractivity contribution in [2.24, 2.45) is 0 Å². The first kappa shape index (κ1) is 14.6. The minimum absolute atomic E-state index is 0.292. The summed E-state index contributed by atoms with van der Waals surface area (Å²) in [6.07, 6.45) is 0. The molecule has 2 aromatic carbocycles. The van der Waals surface area contributed by atoms with Gasteiger partial charge in [-0.2, -0.15) is 0 Å². The van der Waals surface area contributed by atoms with Gasteiger partial charge in [0.1, 0.15) is 0 Å². The Morgan fingerprint density at radius 2 is 0.958 bits per heavy atom. The quantitative estimate of drug-likeness (QED) is 0.475. The van der Waals surface area contributed by atoms with Crippen LogP contribution in [0.1, 0.15) is 24.2 Å². The van der Waals surface area contributed by atoms with Crippen LogP contribution < -0.4 is 0 Å². The molecule has 4 rings (SSSR count). The van der Waals surface area contributed by atoms with E-state index in [9.17, 15) is 0 Å². The number of hydrogen-bond acceptors (Lipinski definition) is 0. The number of nitrogens with one attached hydrogen (secondary N) is 2. The molecule has 2 aromatic heterocycles. The van der Waals surface area contributed by atoms with Crippen LogP contribution in [0.3, 0.4) is 0 Å². The number of aromatic nitrogens is 2. The van der Waals surface area contributed by atoms with Gasteiger partial charge in [0.15, 0.2) is 0 Å². The van der Waals surface area contributed by atoms with Crippen LogP contribution >= 0.6 is 0 Å². The van der Waals surface area contributed by atoms with Crippen molar-refractivity contribution in [3.8, 4) is 22.5 Å². The zero-order valence-corrected chi connectivity index (χ0v) is 13.7. The molecule has 0 unspecified atom stereocenters. The molecular weight excluding hydrogens is 292 g/mol. The lowest BCUT2D eigenvalue weighted by Gasteiger charge is -2.08. The predicted octanol–water partition coefficient (Wildman–Crippen LogP) is 5.83. The fourth-order valence-corrected chi connectivity index (χ4v) is 3.07. The van der Waals surface area contributed by atoms with Crippen molar-refractivity contribution in [1.29, 1.82) is 0 Å². The van der Waals surface area contributed by atoms with Gasteiger partial charge in [-0.25, -0.2) is 0 Å². The first-order valence-corrected chi connectivity index (χ1v) is 8.30. The minimum atomic E-state index is 0.292. The van der Waals surface area contributed by atoms with Crippen LogP contribution in [0.5, 0.6) is 0 Å². The van der Waals surface area contributed by atoms with Crippen molar-refractivity contribution in [3.05, 3.63) is 96.3 Å². The molecular formula is C22H20N2. The Labute approximate surface area is 142 Å². The zero-order chi connectivity index (χ0) is 16.4. The predicted molar refractivity (Wildman–Crippen MR) is 100.0 cm³/mol. The molecule has 118 valence electrons. The van der Waals surface area contributed by atoms with Crippen LogP contribution in [-0.4, -0.2) is 9.97 Å². The Kier molecular flexibility index (Phi) is 3.80. The van der Waals surface area contributed by atoms with Crippen LogP contribution in [0.2, 0.25) is 0 Å². The van der Waals surface area contributed by atoms with Gasteiger partial charge in [-0.3, -0.25) is 0 Å². The Balaban J connectivity index is 1.60. The van der Waals surface area contributed by atoms with Gasteiger partial charge in [-0.15, -0.1) is 0 Å². The molecule has 24 heavy (non-hydrogen) atoms. The van der Waals surface area contributed by atoms with Crippen LogP contribution in [0.25, 0.3) is 22.5 Å². The molecule has 0 amide bonds. The molecule has 0 bridgehead atoms. The van der Waals surface area contributed by atoms with Gasteiger partial charge in [0, 0.05) is 28.7 Å². The largest absolute Gasteiger partial charge is 0.358 e. The van der Waals surface area contributed by atoms with Crippen molar-refractivity contribution in [2.75, 3.05) is 0 Å². The van der Waals surface area contributed by atoms with Gasteiger partial charge in [0.05, 0.1) is 0 Å². The molecule has 0 atom stereocenters. The second-order valence-corrected chi connectivity index (χ2v) is 6.11. The summed E-state index contributed by atoms with van der Waals surface area (Å²) in [7, 11) is 0. The topological polar surface area (TPSA) is 31.6 Å². The summed E-state index contributed by atoms with van der Waals surface area (Å²) in [6, 6.07) is 29.5. The highest BCUT2D eigenvalue weighted by Crippen LogP contribution is 2.28. The van der Waals surface area contributed by atoms with Crippen LogP contribution in [0.4, 0.5) is 0 Å². The van der Waals surface area contributed by atoms with E-state index < -0.39 is 0 Å². The van der Waals surface area contributed by atoms with E-state index in [0.29, 0.717) is 5.92 Å². The van der Waals surface area contributed by atoms with E-state index in [4.69, 9.17) is 0 Å². The summed E-state index contributed by atoms with van der Waals surface area (Å²) >= 11 is 0. The number of H-pyrrole nitrogens is 2. The lowest BCUT2D eigenvalue weighted by Crippen LogP contribution is -1.97. The smallest absolute Gasteiger partial charge is 0.0456 e. The molecule has 2 heterocycles. The Morgan fingerprint density at radius 3 is 1.38 bits per heavy atom. The van der Waals surface area contributed by atoms with E-state index in [-0.39, 0.29) is 0 Å². The molecule has 0 aliphatic rings. The van der Waals surface area contributed by atoms with Crippen LogP contribution in [-0.2, 0) is 0 Å². The average Bonchev–Trinajstić information content (AvgIpc) is 3.33. The fourth-order valence-electron chi connectivity index (χ4n) is 3.07. The molecule has 4 aromatic rings. The highest BCUT2D eigenvalue weighted by Gasteiger charge is 2.13. The Morgan fingerprint density at radius 1 is 0.542 bits per heavy atom. The third-order valence-corrected chi connectivity index (χ3v) is 4.52. The van der Waals surface area contributed by atoms with Gasteiger partial charge >= 0.3 is 0 Å². The number of hydrogen-bond donors (Lipinski definition) is 2. The second kappa shape index (κ2) is 6.25. The maximum Gasteiger partial charge on any atom is 0.0456 e. The van der Waals surface area contributed by atoms with Crippen molar-refractivity contribution >= 4 is 0 Å².